The summed E-state index contributed by atoms with van der Waals surface area (Å²) in [6.07, 6.45) is 10.2. The van der Waals surface area contributed by atoms with E-state index in [0.29, 0.717) is 42.7 Å². The van der Waals surface area contributed by atoms with Gasteiger partial charge in [-0.05, 0) is 57.3 Å². The maximum Gasteiger partial charge on any atom is 0.303 e. The van der Waals surface area contributed by atoms with E-state index in [1.54, 1.807) is 34.7 Å². The molecule has 0 aromatic rings. The Balaban J connectivity index is 2.38. The van der Waals surface area contributed by atoms with Gasteiger partial charge in [-0.25, -0.2) is 0 Å². The third-order valence-electron chi connectivity index (χ3n) is 6.21. The van der Waals surface area contributed by atoms with Gasteiger partial charge in [0.1, 0.15) is 6.10 Å². The van der Waals surface area contributed by atoms with Crippen molar-refractivity contribution in [3.05, 3.63) is 35.1 Å². The van der Waals surface area contributed by atoms with Gasteiger partial charge < -0.3 is 25.0 Å². The zero-order valence-corrected chi connectivity index (χ0v) is 24.4. The van der Waals surface area contributed by atoms with E-state index in [2.05, 4.69) is 29.2 Å². The number of ketones is 1. The maximum absolute atomic E-state index is 13.0. The first-order valence-corrected chi connectivity index (χ1v) is 15.1. The maximum atomic E-state index is 13.0. The molecular formula is C29H39NO6S2. The number of nitrogens with one attached hydrogen (secondary N) is 1. The number of carbonyl (C=O) groups is 2. The number of allylic oxidation sites excluding steroid dienone is 3. The first-order chi connectivity index (χ1) is 18.0. The third kappa shape index (κ3) is 10.2. The minimum Gasteiger partial charge on any atom is -0.481 e. The van der Waals surface area contributed by atoms with Crippen molar-refractivity contribution >= 4 is 33.3 Å². The number of aliphatic hydroxyl groups is 1. The molecule has 38 heavy (non-hydrogen) atoms. The summed E-state index contributed by atoms with van der Waals surface area (Å²) in [7, 11) is 5.00. The molecule has 0 aromatic carbocycles. The van der Waals surface area contributed by atoms with Crippen LogP contribution in [-0.4, -0.2) is 64.1 Å². The minimum atomic E-state index is -0.797. The number of rotatable bonds is 11. The lowest BCUT2D eigenvalue weighted by atomic mass is 9.79. The number of carboxylic acids is 1. The van der Waals surface area contributed by atoms with Crippen LogP contribution in [0.1, 0.15) is 59.8 Å². The fourth-order valence-corrected chi connectivity index (χ4v) is 6.82. The molecule has 0 amide bonds. The molecule has 0 radical (unpaired) electrons. The summed E-state index contributed by atoms with van der Waals surface area (Å²) in [4.78, 5) is 24.0. The molecule has 1 fully saturated rings. The smallest absolute Gasteiger partial charge is 0.303 e. The van der Waals surface area contributed by atoms with Crippen molar-refractivity contribution in [2.24, 2.45) is 5.92 Å². The topological polar surface area (TPSA) is 105 Å². The highest BCUT2D eigenvalue weighted by Crippen LogP contribution is 2.41. The van der Waals surface area contributed by atoms with Crippen LogP contribution < -0.4 is 5.32 Å². The van der Waals surface area contributed by atoms with Gasteiger partial charge in [-0.2, -0.15) is 0 Å². The first-order valence-electron chi connectivity index (χ1n) is 12.8. The van der Waals surface area contributed by atoms with Crippen LogP contribution in [0.15, 0.2) is 35.1 Å². The summed E-state index contributed by atoms with van der Waals surface area (Å²) < 4.78 is 12.1. The van der Waals surface area contributed by atoms with Crippen molar-refractivity contribution in [1.82, 2.24) is 5.32 Å². The molecule has 2 rings (SSSR count). The van der Waals surface area contributed by atoms with Crippen molar-refractivity contribution in [2.45, 2.75) is 89.1 Å². The van der Waals surface area contributed by atoms with Crippen LogP contribution in [-0.2, 0) is 19.1 Å². The number of aliphatic carboxylic acids is 1. The number of ether oxygens (including phenoxy) is 2. The zero-order valence-electron chi connectivity index (χ0n) is 22.8. The second-order valence-corrected chi connectivity index (χ2v) is 13.1. The van der Waals surface area contributed by atoms with Crippen LogP contribution in [0.3, 0.4) is 0 Å². The first kappa shape index (κ1) is 32.1. The van der Waals surface area contributed by atoms with Gasteiger partial charge in [0.15, 0.2) is 12.1 Å². The van der Waals surface area contributed by atoms with Gasteiger partial charge >= 0.3 is 5.97 Å². The van der Waals surface area contributed by atoms with E-state index in [0.717, 1.165) is 5.57 Å². The van der Waals surface area contributed by atoms with Crippen LogP contribution in [0.4, 0.5) is 0 Å². The highest BCUT2D eigenvalue weighted by molar-refractivity contribution is 8.77. The summed E-state index contributed by atoms with van der Waals surface area (Å²) in [6.45, 7) is 7.97. The molecule has 1 unspecified atom stereocenters. The molecule has 1 saturated heterocycles. The molecule has 0 bridgehead atoms. The Morgan fingerprint density at radius 2 is 2.08 bits per heavy atom. The Kier molecular flexibility index (Phi) is 13.0. The normalized spacial score (nSPS) is 26.1. The zero-order chi connectivity index (χ0) is 28.3. The molecule has 2 aliphatic rings. The molecule has 5 atom stereocenters. The van der Waals surface area contributed by atoms with Crippen molar-refractivity contribution in [3.63, 3.8) is 0 Å². The average Bonchev–Trinajstić information content (AvgIpc) is 2.82. The number of hydrogen-bond donors (Lipinski definition) is 3. The van der Waals surface area contributed by atoms with E-state index in [-0.39, 0.29) is 29.0 Å². The number of Topliss-reactive ketones (excluding diaryl/α,β-unsaturated/α-hetero) is 1. The lowest BCUT2D eigenvalue weighted by Crippen LogP contribution is -2.40. The molecule has 1 aliphatic carbocycles. The summed E-state index contributed by atoms with van der Waals surface area (Å²) in [6, 6.07) is 0. The summed E-state index contributed by atoms with van der Waals surface area (Å²) >= 11 is 0. The molecule has 0 aromatic heterocycles. The Labute approximate surface area is 234 Å². The Bertz CT molecular complexity index is 1040. The lowest BCUT2D eigenvalue weighted by molar-refractivity contribution is -0.216. The number of hydrogen-bond acceptors (Lipinski definition) is 8. The number of likely N-dealkylation sites (N-methyl/N-ethyl adjacent to an activating group) is 1. The van der Waals surface area contributed by atoms with E-state index in [1.807, 2.05) is 27.7 Å². The fraction of sp³-hybridized carbons (Fsp3) is 0.586. The van der Waals surface area contributed by atoms with Crippen LogP contribution in [0.2, 0.25) is 0 Å². The van der Waals surface area contributed by atoms with E-state index in [4.69, 9.17) is 21.0 Å². The van der Waals surface area contributed by atoms with Gasteiger partial charge in [-0.1, -0.05) is 52.3 Å². The van der Waals surface area contributed by atoms with Crippen LogP contribution in [0.5, 0.6) is 0 Å². The van der Waals surface area contributed by atoms with Gasteiger partial charge in [0.25, 0.3) is 0 Å². The van der Waals surface area contributed by atoms with Crippen molar-refractivity contribution in [3.8, 4) is 24.2 Å². The molecule has 1 aliphatic heterocycles. The summed E-state index contributed by atoms with van der Waals surface area (Å²) in [5, 5.41) is 22.4. The molecule has 0 saturated carbocycles. The molecule has 9 heteroatoms. The van der Waals surface area contributed by atoms with Crippen molar-refractivity contribution in [1.29, 1.82) is 0 Å². The lowest BCUT2D eigenvalue weighted by Gasteiger charge is -2.35. The van der Waals surface area contributed by atoms with E-state index < -0.39 is 24.5 Å². The van der Waals surface area contributed by atoms with Gasteiger partial charge in [0, 0.05) is 42.4 Å². The Morgan fingerprint density at radius 3 is 2.71 bits per heavy atom. The molecule has 0 spiro atoms. The summed E-state index contributed by atoms with van der Waals surface area (Å²) in [5.74, 6) is 8.23. The fourth-order valence-electron chi connectivity index (χ4n) is 4.38. The molecule has 3 N–H and O–H groups in total. The van der Waals surface area contributed by atoms with Gasteiger partial charge in [-0.15, -0.1) is 6.42 Å². The van der Waals surface area contributed by atoms with Crippen molar-refractivity contribution in [2.75, 3.05) is 12.8 Å². The molecular weight excluding hydrogens is 522 g/mol. The number of aliphatic hydroxyl groups excluding tert-OH is 1. The monoisotopic (exact) mass is 561 g/mol. The second-order valence-electron chi connectivity index (χ2n) is 10.1. The Hall–Kier alpha value is -2.14. The molecule has 1 heterocycles. The van der Waals surface area contributed by atoms with E-state index >= 15 is 0 Å². The summed E-state index contributed by atoms with van der Waals surface area (Å²) in [5.41, 5.74) is 2.10. The third-order valence-corrected chi connectivity index (χ3v) is 9.40. The predicted molar refractivity (Wildman–Crippen MR) is 154 cm³/mol. The van der Waals surface area contributed by atoms with E-state index in [9.17, 15) is 14.7 Å². The largest absolute Gasteiger partial charge is 0.481 e. The number of carbonyl (C=O) groups excluding carboxylic acids is 1. The number of carboxylic acid groups (broad SMARTS) is 1. The van der Waals surface area contributed by atoms with Crippen molar-refractivity contribution < 1.29 is 29.3 Å². The van der Waals surface area contributed by atoms with E-state index in [1.165, 1.54) is 6.08 Å². The molecule has 7 nitrogen and oxygen atoms in total. The number of terminal acetylenes is 1. The molecule has 208 valence electrons. The average molecular weight is 562 g/mol. The second kappa shape index (κ2) is 15.5. The standard InChI is InChI=1S/C29H39NO6S2/c1-7-8-9-10-11-24(36-26-18-21(31)17-20(3)35-26)27-22(19(2)16-23(32)28(27)30-6)13-15-37-38-29(4,5)14-12-25(33)34/h1,8-9,13,19-21,24,26,30-31H,12,14-18H2,2-6H3,(H,33,34)/b9-8-,22-13-/t19?,20-,21+,24+,26+/m1/s1. The minimum absolute atomic E-state index is 0.0171. The van der Waals surface area contributed by atoms with Crippen LogP contribution in [0, 0.1) is 30.1 Å². The van der Waals surface area contributed by atoms with Crippen LogP contribution >= 0.6 is 21.6 Å². The predicted octanol–water partition coefficient (Wildman–Crippen LogP) is 4.48. The van der Waals surface area contributed by atoms with Gasteiger partial charge in [0.05, 0.1) is 17.9 Å². The highest BCUT2D eigenvalue weighted by Gasteiger charge is 2.36. The highest BCUT2D eigenvalue weighted by atomic mass is 33.1. The Morgan fingerprint density at radius 1 is 1.34 bits per heavy atom. The SMILES string of the molecule is C#C/C=C\C#C[C@H](O[C@H]1C[C@@H](O)C[C@@H](C)O1)C1=C(NC)C(=O)CC(C)/C1=C/CSSC(C)(C)CCC(=O)O. The van der Waals surface area contributed by atoms with Crippen LogP contribution in [0.25, 0.3) is 0 Å². The van der Waals surface area contributed by atoms with Gasteiger partial charge in [0.2, 0.25) is 0 Å². The quantitative estimate of drug-likeness (QED) is 0.191. The van der Waals surface area contributed by atoms with Gasteiger partial charge in [-0.3, -0.25) is 9.59 Å².